The average Bonchev–Trinajstić information content (AvgIpc) is 3.26. The van der Waals surface area contributed by atoms with Crippen molar-refractivity contribution in [2.45, 2.75) is 38.6 Å². The largest absolute Gasteiger partial charge is 0.496 e. The molecule has 1 fully saturated rings. The first-order chi connectivity index (χ1) is 9.33. The van der Waals surface area contributed by atoms with Gasteiger partial charge >= 0.3 is 0 Å². The second-order valence-electron chi connectivity index (χ2n) is 5.23. The van der Waals surface area contributed by atoms with Crippen LogP contribution in [0.15, 0.2) is 18.2 Å². The van der Waals surface area contributed by atoms with Crippen LogP contribution in [0.25, 0.3) is 0 Å². The van der Waals surface area contributed by atoms with Crippen LogP contribution in [0.2, 0.25) is 0 Å². The van der Waals surface area contributed by atoms with Crippen LogP contribution < -0.4 is 15.4 Å². The third kappa shape index (κ3) is 4.84. The average molecular weight is 262 g/mol. The second-order valence-corrected chi connectivity index (χ2v) is 5.23. The number of methoxy groups -OCH3 is 1. The van der Waals surface area contributed by atoms with Gasteiger partial charge < -0.3 is 15.4 Å². The molecule has 1 aromatic rings. The molecule has 1 aromatic carbocycles. The van der Waals surface area contributed by atoms with E-state index < -0.39 is 0 Å². The molecule has 0 aliphatic heterocycles. The summed E-state index contributed by atoms with van der Waals surface area (Å²) in [7, 11) is 1.74. The molecule has 2 N–H and O–H groups in total. The third-order valence-corrected chi connectivity index (χ3v) is 3.63. The molecule has 0 spiro atoms. The topological polar surface area (TPSA) is 33.3 Å². The van der Waals surface area contributed by atoms with Crippen molar-refractivity contribution in [3.05, 3.63) is 29.3 Å². The van der Waals surface area contributed by atoms with E-state index in [1.165, 1.54) is 24.0 Å². The van der Waals surface area contributed by atoms with Gasteiger partial charge in [0.15, 0.2) is 0 Å². The Morgan fingerprint density at radius 1 is 1.21 bits per heavy atom. The molecule has 106 valence electrons. The van der Waals surface area contributed by atoms with Crippen LogP contribution in [0, 0.1) is 0 Å². The molecule has 1 aliphatic rings. The fourth-order valence-corrected chi connectivity index (χ4v) is 2.27. The normalized spacial score (nSPS) is 14.6. The predicted octanol–water partition coefficient (Wildman–Crippen LogP) is 2.14. The van der Waals surface area contributed by atoms with Gasteiger partial charge in [0.05, 0.1) is 7.11 Å². The summed E-state index contributed by atoms with van der Waals surface area (Å²) in [6.07, 6.45) is 4.84. The lowest BCUT2D eigenvalue weighted by Crippen LogP contribution is -2.29. The molecule has 0 heterocycles. The molecule has 0 radical (unpaired) electrons. The number of benzene rings is 1. The monoisotopic (exact) mass is 262 g/mol. The SMILES string of the molecule is CCc1cc(CCNCCNC2CC2)ccc1OC. The standard InChI is InChI=1S/C16H26N2O/c1-3-14-12-13(4-7-16(14)19-2)8-9-17-10-11-18-15-5-6-15/h4,7,12,15,17-18H,3,5-6,8-11H2,1-2H3. The van der Waals surface area contributed by atoms with E-state index in [9.17, 15) is 0 Å². The maximum absolute atomic E-state index is 5.35. The van der Waals surface area contributed by atoms with Crippen molar-refractivity contribution in [2.24, 2.45) is 0 Å². The van der Waals surface area contributed by atoms with E-state index in [2.05, 4.69) is 35.8 Å². The number of nitrogens with one attached hydrogen (secondary N) is 2. The fourth-order valence-electron chi connectivity index (χ4n) is 2.27. The highest BCUT2D eigenvalue weighted by Crippen LogP contribution is 2.20. The molecule has 0 saturated heterocycles. The van der Waals surface area contributed by atoms with Gasteiger partial charge in [0, 0.05) is 19.1 Å². The number of rotatable bonds is 9. The van der Waals surface area contributed by atoms with E-state index in [1.807, 2.05) is 0 Å². The van der Waals surface area contributed by atoms with Crippen LogP contribution in [-0.4, -0.2) is 32.8 Å². The highest BCUT2D eigenvalue weighted by Gasteiger charge is 2.19. The van der Waals surface area contributed by atoms with Crippen LogP contribution in [0.5, 0.6) is 5.75 Å². The van der Waals surface area contributed by atoms with Crippen molar-refractivity contribution in [3.63, 3.8) is 0 Å². The number of hydrogen-bond acceptors (Lipinski definition) is 3. The van der Waals surface area contributed by atoms with Crippen LogP contribution in [0.3, 0.4) is 0 Å². The van der Waals surface area contributed by atoms with E-state index in [0.29, 0.717) is 0 Å². The van der Waals surface area contributed by atoms with E-state index in [-0.39, 0.29) is 0 Å². The number of ether oxygens (including phenoxy) is 1. The molecule has 0 bridgehead atoms. The van der Waals surface area contributed by atoms with Crippen molar-refractivity contribution >= 4 is 0 Å². The summed E-state index contributed by atoms with van der Waals surface area (Å²) in [5.74, 6) is 1.01. The molecule has 0 aromatic heterocycles. The molecule has 19 heavy (non-hydrogen) atoms. The number of aryl methyl sites for hydroxylation is 1. The third-order valence-electron chi connectivity index (χ3n) is 3.63. The molecule has 2 rings (SSSR count). The quantitative estimate of drug-likeness (QED) is 0.669. The summed E-state index contributed by atoms with van der Waals surface area (Å²) in [5, 5.41) is 7.00. The van der Waals surface area contributed by atoms with Gasteiger partial charge in [-0.3, -0.25) is 0 Å². The lowest BCUT2D eigenvalue weighted by molar-refractivity contribution is 0.410. The van der Waals surface area contributed by atoms with Gasteiger partial charge in [-0.1, -0.05) is 19.1 Å². The summed E-state index contributed by atoms with van der Waals surface area (Å²) in [5.41, 5.74) is 2.69. The predicted molar refractivity (Wildman–Crippen MR) is 80.0 cm³/mol. The minimum absolute atomic E-state index is 0.815. The van der Waals surface area contributed by atoms with Gasteiger partial charge in [-0.2, -0.15) is 0 Å². The summed E-state index contributed by atoms with van der Waals surface area (Å²) in [6, 6.07) is 7.34. The molecular formula is C16H26N2O. The number of hydrogen-bond donors (Lipinski definition) is 2. The van der Waals surface area contributed by atoms with Crippen LogP contribution >= 0.6 is 0 Å². The van der Waals surface area contributed by atoms with Crippen molar-refractivity contribution in [2.75, 3.05) is 26.7 Å². The Balaban J connectivity index is 1.66. The zero-order valence-corrected chi connectivity index (χ0v) is 12.2. The Hall–Kier alpha value is -1.06. The Kier molecular flexibility index (Phi) is 5.67. The smallest absolute Gasteiger partial charge is 0.122 e. The van der Waals surface area contributed by atoms with E-state index in [1.54, 1.807) is 7.11 Å². The maximum atomic E-state index is 5.35. The molecule has 3 nitrogen and oxygen atoms in total. The van der Waals surface area contributed by atoms with Gasteiger partial charge in [-0.15, -0.1) is 0 Å². The fraction of sp³-hybridized carbons (Fsp3) is 0.625. The highest BCUT2D eigenvalue weighted by molar-refractivity contribution is 5.37. The first kappa shape index (κ1) is 14.4. The lowest BCUT2D eigenvalue weighted by Gasteiger charge is -2.10. The molecule has 3 heteroatoms. The Morgan fingerprint density at radius 2 is 2.05 bits per heavy atom. The summed E-state index contributed by atoms with van der Waals surface area (Å²) >= 11 is 0. The molecule has 0 unspecified atom stereocenters. The molecule has 0 atom stereocenters. The van der Waals surface area contributed by atoms with Gasteiger partial charge in [-0.25, -0.2) is 0 Å². The van der Waals surface area contributed by atoms with Crippen LogP contribution in [0.1, 0.15) is 30.9 Å². The van der Waals surface area contributed by atoms with E-state index in [0.717, 1.165) is 44.3 Å². The summed E-state index contributed by atoms with van der Waals surface area (Å²) in [4.78, 5) is 0. The summed E-state index contributed by atoms with van der Waals surface area (Å²) < 4.78 is 5.35. The van der Waals surface area contributed by atoms with E-state index >= 15 is 0 Å². The molecule has 1 aliphatic carbocycles. The Labute approximate surface area is 116 Å². The van der Waals surface area contributed by atoms with Crippen LogP contribution in [-0.2, 0) is 12.8 Å². The van der Waals surface area contributed by atoms with Gasteiger partial charge in [0.25, 0.3) is 0 Å². The maximum Gasteiger partial charge on any atom is 0.122 e. The van der Waals surface area contributed by atoms with Crippen molar-refractivity contribution in [3.8, 4) is 5.75 Å². The lowest BCUT2D eigenvalue weighted by atomic mass is 10.1. The molecule has 0 amide bonds. The van der Waals surface area contributed by atoms with Crippen molar-refractivity contribution < 1.29 is 4.74 Å². The summed E-state index contributed by atoms with van der Waals surface area (Å²) in [6.45, 7) is 5.37. The van der Waals surface area contributed by atoms with Crippen LogP contribution in [0.4, 0.5) is 0 Å². The first-order valence-corrected chi connectivity index (χ1v) is 7.43. The van der Waals surface area contributed by atoms with Crippen molar-refractivity contribution in [1.29, 1.82) is 0 Å². The van der Waals surface area contributed by atoms with Gasteiger partial charge in [0.2, 0.25) is 0 Å². The van der Waals surface area contributed by atoms with E-state index in [4.69, 9.17) is 4.74 Å². The Bertz CT molecular complexity index is 388. The second kappa shape index (κ2) is 7.51. The Morgan fingerprint density at radius 3 is 2.74 bits per heavy atom. The molecule has 1 saturated carbocycles. The van der Waals surface area contributed by atoms with Gasteiger partial charge in [0.1, 0.15) is 5.75 Å². The minimum atomic E-state index is 0.815. The highest BCUT2D eigenvalue weighted by atomic mass is 16.5. The van der Waals surface area contributed by atoms with Gasteiger partial charge in [-0.05, 0) is 49.4 Å². The zero-order valence-electron chi connectivity index (χ0n) is 12.2. The first-order valence-electron chi connectivity index (χ1n) is 7.43. The molecular weight excluding hydrogens is 236 g/mol. The van der Waals surface area contributed by atoms with Crippen molar-refractivity contribution in [1.82, 2.24) is 10.6 Å². The zero-order chi connectivity index (χ0) is 13.5. The minimum Gasteiger partial charge on any atom is -0.496 e.